The fraction of sp³-hybridized carbons (Fsp3) is 0.267. The molecule has 0 aliphatic carbocycles. The summed E-state index contributed by atoms with van der Waals surface area (Å²) in [5.74, 6) is -1.73. The van der Waals surface area contributed by atoms with Gasteiger partial charge in [-0.25, -0.2) is 0 Å². The van der Waals surface area contributed by atoms with Crippen molar-refractivity contribution in [3.05, 3.63) is 41.1 Å². The molecule has 23 heavy (non-hydrogen) atoms. The van der Waals surface area contributed by atoms with Crippen LogP contribution in [0.5, 0.6) is 0 Å². The highest BCUT2D eigenvalue weighted by atomic mass is 35.5. The van der Waals surface area contributed by atoms with Gasteiger partial charge in [0, 0.05) is 30.3 Å². The number of aromatic nitrogens is 1. The first-order valence-electron chi connectivity index (χ1n) is 6.74. The Morgan fingerprint density at radius 1 is 1.39 bits per heavy atom. The van der Waals surface area contributed by atoms with Crippen molar-refractivity contribution in [1.29, 1.82) is 0 Å². The van der Waals surface area contributed by atoms with Crippen LogP contribution >= 0.6 is 11.6 Å². The van der Waals surface area contributed by atoms with E-state index >= 15 is 0 Å². The van der Waals surface area contributed by atoms with Gasteiger partial charge in [0.05, 0.1) is 6.61 Å². The summed E-state index contributed by atoms with van der Waals surface area (Å²) in [7, 11) is 1.47. The molecule has 0 fully saturated rings. The monoisotopic (exact) mass is 338 g/mol. The van der Waals surface area contributed by atoms with Crippen LogP contribution in [0.2, 0.25) is 5.02 Å². The maximum Gasteiger partial charge on any atom is 0.323 e. The first-order valence-corrected chi connectivity index (χ1v) is 7.11. The van der Waals surface area contributed by atoms with Crippen LogP contribution in [0.1, 0.15) is 10.6 Å². The van der Waals surface area contributed by atoms with Crippen molar-refractivity contribution in [2.24, 2.45) is 0 Å². The molecule has 0 saturated heterocycles. The number of hydrogen-bond acceptors (Lipinski definition) is 5. The molecule has 7 nitrogen and oxygen atoms in total. The van der Waals surface area contributed by atoms with E-state index in [1.807, 2.05) is 0 Å². The molecule has 0 unspecified atom stereocenters. The molecule has 0 aliphatic heterocycles. The van der Waals surface area contributed by atoms with Gasteiger partial charge < -0.3 is 19.3 Å². The minimum Gasteiger partial charge on any atom is -0.480 e. The molecule has 0 radical (unpaired) electrons. The largest absolute Gasteiger partial charge is 0.480 e. The van der Waals surface area contributed by atoms with Gasteiger partial charge >= 0.3 is 5.97 Å². The molecular weight excluding hydrogens is 324 g/mol. The van der Waals surface area contributed by atoms with Crippen molar-refractivity contribution in [1.82, 2.24) is 10.1 Å². The number of carboxylic acid groups (broad SMARTS) is 1. The number of carboxylic acids is 1. The lowest BCUT2D eigenvalue weighted by Crippen LogP contribution is -2.37. The second kappa shape index (κ2) is 7.75. The van der Waals surface area contributed by atoms with Gasteiger partial charge in [0.25, 0.3) is 5.91 Å². The van der Waals surface area contributed by atoms with E-state index < -0.39 is 18.4 Å². The van der Waals surface area contributed by atoms with Crippen LogP contribution < -0.4 is 0 Å². The quantitative estimate of drug-likeness (QED) is 0.831. The van der Waals surface area contributed by atoms with Crippen LogP contribution in [0.15, 0.2) is 34.9 Å². The average molecular weight is 339 g/mol. The molecule has 2 rings (SSSR count). The Balaban J connectivity index is 2.19. The zero-order valence-corrected chi connectivity index (χ0v) is 13.1. The number of benzene rings is 1. The maximum atomic E-state index is 12.3. The molecule has 1 amide bonds. The topological polar surface area (TPSA) is 92.9 Å². The van der Waals surface area contributed by atoms with Gasteiger partial charge in [0.1, 0.15) is 12.2 Å². The minimum atomic E-state index is -1.12. The molecule has 122 valence electrons. The van der Waals surface area contributed by atoms with Gasteiger partial charge in [0.15, 0.2) is 0 Å². The van der Waals surface area contributed by atoms with Crippen LogP contribution in [0.25, 0.3) is 11.3 Å². The summed E-state index contributed by atoms with van der Waals surface area (Å²) >= 11 is 5.92. The lowest BCUT2D eigenvalue weighted by Gasteiger charge is -2.18. The Hall–Kier alpha value is -2.38. The maximum absolute atomic E-state index is 12.3. The average Bonchev–Trinajstić information content (AvgIpc) is 3.00. The van der Waals surface area contributed by atoms with Gasteiger partial charge in [-0.15, -0.1) is 0 Å². The molecule has 1 aromatic heterocycles. The summed E-state index contributed by atoms with van der Waals surface area (Å²) in [6, 6.07) is 8.39. The summed E-state index contributed by atoms with van der Waals surface area (Å²) in [6.07, 6.45) is 0. The van der Waals surface area contributed by atoms with Gasteiger partial charge in [0.2, 0.25) is 5.76 Å². The normalized spacial score (nSPS) is 10.5. The smallest absolute Gasteiger partial charge is 0.323 e. The number of amides is 1. The number of methoxy groups -OCH3 is 1. The van der Waals surface area contributed by atoms with Gasteiger partial charge in [-0.2, -0.15) is 0 Å². The molecule has 0 aliphatic rings. The first-order chi connectivity index (χ1) is 11.0. The van der Waals surface area contributed by atoms with E-state index in [0.717, 1.165) is 4.90 Å². The van der Waals surface area contributed by atoms with E-state index in [-0.39, 0.29) is 18.9 Å². The number of halogens is 1. The lowest BCUT2D eigenvalue weighted by molar-refractivity contribution is -0.137. The summed E-state index contributed by atoms with van der Waals surface area (Å²) in [6.45, 7) is -0.0987. The van der Waals surface area contributed by atoms with Crippen molar-refractivity contribution in [3.63, 3.8) is 0 Å². The summed E-state index contributed by atoms with van der Waals surface area (Å²) in [5.41, 5.74) is 1.14. The zero-order valence-electron chi connectivity index (χ0n) is 12.4. The summed E-state index contributed by atoms with van der Waals surface area (Å²) in [5, 5.41) is 13.3. The van der Waals surface area contributed by atoms with Crippen molar-refractivity contribution >= 4 is 23.5 Å². The number of nitrogens with zero attached hydrogens (tertiary/aromatic N) is 2. The number of aliphatic carboxylic acids is 1. The molecule has 1 heterocycles. The molecule has 2 aromatic rings. The summed E-state index contributed by atoms with van der Waals surface area (Å²) < 4.78 is 9.93. The van der Waals surface area contributed by atoms with Gasteiger partial charge in [-0.05, 0) is 12.1 Å². The highest BCUT2D eigenvalue weighted by Crippen LogP contribution is 2.22. The van der Waals surface area contributed by atoms with E-state index in [2.05, 4.69) is 5.16 Å². The second-order valence-corrected chi connectivity index (χ2v) is 5.14. The van der Waals surface area contributed by atoms with E-state index in [0.29, 0.717) is 16.3 Å². The Morgan fingerprint density at radius 2 is 2.17 bits per heavy atom. The highest BCUT2D eigenvalue weighted by Gasteiger charge is 2.22. The third-order valence-electron chi connectivity index (χ3n) is 3.02. The standard InChI is InChI=1S/C15H15ClN2O5/c1-22-6-5-18(9-14(19)20)15(21)13-8-12(17-23-13)10-3-2-4-11(16)7-10/h2-4,7-8H,5-6,9H2,1H3,(H,19,20). The molecule has 0 atom stereocenters. The molecule has 0 saturated carbocycles. The third-order valence-corrected chi connectivity index (χ3v) is 3.26. The number of hydrogen-bond donors (Lipinski definition) is 1. The molecule has 0 spiro atoms. The molecule has 8 heteroatoms. The third kappa shape index (κ3) is 4.54. The van der Waals surface area contributed by atoms with Crippen molar-refractivity contribution in [2.45, 2.75) is 0 Å². The lowest BCUT2D eigenvalue weighted by atomic mass is 10.1. The minimum absolute atomic E-state index is 0.0441. The fourth-order valence-corrected chi connectivity index (χ4v) is 2.12. The van der Waals surface area contributed by atoms with Crippen molar-refractivity contribution in [2.75, 3.05) is 26.8 Å². The highest BCUT2D eigenvalue weighted by molar-refractivity contribution is 6.30. The predicted molar refractivity (Wildman–Crippen MR) is 82.4 cm³/mol. The van der Waals surface area contributed by atoms with Crippen LogP contribution in [0, 0.1) is 0 Å². The van der Waals surface area contributed by atoms with E-state index in [4.69, 9.17) is 26.0 Å². The SMILES string of the molecule is COCCN(CC(=O)O)C(=O)c1cc(-c2cccc(Cl)c2)no1. The number of ether oxygens (including phenoxy) is 1. The Kier molecular flexibility index (Phi) is 5.72. The van der Waals surface area contributed by atoms with Crippen LogP contribution in [-0.2, 0) is 9.53 Å². The Bertz CT molecular complexity index is 701. The van der Waals surface area contributed by atoms with Gasteiger partial charge in [-0.3, -0.25) is 9.59 Å². The second-order valence-electron chi connectivity index (χ2n) is 4.70. The Labute approximate surface area is 137 Å². The Morgan fingerprint density at radius 3 is 2.83 bits per heavy atom. The van der Waals surface area contributed by atoms with Crippen molar-refractivity contribution in [3.8, 4) is 11.3 Å². The van der Waals surface area contributed by atoms with Gasteiger partial charge in [-0.1, -0.05) is 28.9 Å². The van der Waals surface area contributed by atoms with E-state index in [1.54, 1.807) is 24.3 Å². The molecule has 1 aromatic carbocycles. The van der Waals surface area contributed by atoms with Crippen molar-refractivity contribution < 1.29 is 24.0 Å². The number of carbonyl (C=O) groups is 2. The van der Waals surface area contributed by atoms with E-state index in [1.165, 1.54) is 13.2 Å². The molecular formula is C15H15ClN2O5. The van der Waals surface area contributed by atoms with Crippen LogP contribution in [0.3, 0.4) is 0 Å². The predicted octanol–water partition coefficient (Wildman–Crippen LogP) is 2.17. The molecule has 0 bridgehead atoms. The zero-order chi connectivity index (χ0) is 16.8. The summed E-state index contributed by atoms with van der Waals surface area (Å²) in [4.78, 5) is 24.3. The number of rotatable bonds is 7. The number of carbonyl (C=O) groups excluding carboxylic acids is 1. The first kappa shape index (κ1) is 17.0. The molecule has 1 N–H and O–H groups in total. The van der Waals surface area contributed by atoms with E-state index in [9.17, 15) is 9.59 Å². The fourth-order valence-electron chi connectivity index (χ4n) is 1.93. The van der Waals surface area contributed by atoms with Crippen LogP contribution in [0.4, 0.5) is 0 Å². The van der Waals surface area contributed by atoms with Crippen LogP contribution in [-0.4, -0.2) is 53.8 Å².